The van der Waals surface area contributed by atoms with Gasteiger partial charge in [0.2, 0.25) is 0 Å². The number of aryl methyl sites for hydroxylation is 1. The lowest BCUT2D eigenvalue weighted by atomic mass is 9.84. The van der Waals surface area contributed by atoms with Crippen molar-refractivity contribution in [2.45, 2.75) is 31.7 Å². The Bertz CT molecular complexity index is 893. The SMILES string of the molecule is Cc1cc(F)cc(CN2CC3(C2)OC(=O)N2CCN(Cc4ccccc4)CC23)c1. The van der Waals surface area contributed by atoms with Crippen LogP contribution in [-0.4, -0.2) is 65.2 Å². The number of benzene rings is 2. The Morgan fingerprint density at radius 2 is 1.79 bits per heavy atom. The van der Waals surface area contributed by atoms with E-state index >= 15 is 0 Å². The summed E-state index contributed by atoms with van der Waals surface area (Å²) in [5.41, 5.74) is 2.75. The lowest BCUT2D eigenvalue weighted by Crippen LogP contribution is -2.70. The molecule has 0 saturated carbocycles. The van der Waals surface area contributed by atoms with E-state index in [0.717, 1.165) is 30.8 Å². The number of rotatable bonds is 4. The van der Waals surface area contributed by atoms with Crippen LogP contribution in [-0.2, 0) is 17.8 Å². The maximum absolute atomic E-state index is 13.7. The van der Waals surface area contributed by atoms with E-state index in [1.807, 2.05) is 24.0 Å². The Hall–Kier alpha value is -2.44. The van der Waals surface area contributed by atoms with E-state index in [4.69, 9.17) is 4.74 Å². The van der Waals surface area contributed by atoms with Gasteiger partial charge in [-0.15, -0.1) is 0 Å². The van der Waals surface area contributed by atoms with Crippen molar-refractivity contribution < 1.29 is 13.9 Å². The molecule has 0 bridgehead atoms. The molecule has 0 aliphatic carbocycles. The van der Waals surface area contributed by atoms with Crippen LogP contribution in [0.3, 0.4) is 0 Å². The van der Waals surface area contributed by atoms with E-state index in [2.05, 4.69) is 34.1 Å². The molecule has 0 radical (unpaired) electrons. The predicted molar refractivity (Wildman–Crippen MR) is 108 cm³/mol. The maximum Gasteiger partial charge on any atom is 0.410 e. The van der Waals surface area contributed by atoms with Crippen LogP contribution >= 0.6 is 0 Å². The first-order valence-electron chi connectivity index (χ1n) is 10.3. The summed E-state index contributed by atoms with van der Waals surface area (Å²) in [5, 5.41) is 0. The maximum atomic E-state index is 13.7. The van der Waals surface area contributed by atoms with Gasteiger partial charge >= 0.3 is 6.09 Å². The first kappa shape index (κ1) is 18.6. The fraction of sp³-hybridized carbons (Fsp3) is 0.435. The zero-order chi connectivity index (χ0) is 20.0. The molecule has 5 rings (SSSR count). The summed E-state index contributed by atoms with van der Waals surface area (Å²) in [6.07, 6.45) is -0.185. The third-order valence-corrected chi connectivity index (χ3v) is 6.34. The van der Waals surface area contributed by atoms with Gasteiger partial charge in [0.1, 0.15) is 5.82 Å². The van der Waals surface area contributed by atoms with Gasteiger partial charge < -0.3 is 4.74 Å². The number of likely N-dealkylation sites (tertiary alicyclic amines) is 1. The normalized spacial score (nSPS) is 23.7. The number of fused-ring (bicyclic) bond motifs is 2. The Morgan fingerprint density at radius 3 is 2.55 bits per heavy atom. The molecule has 6 heteroatoms. The largest absolute Gasteiger partial charge is 0.438 e. The van der Waals surface area contributed by atoms with Gasteiger partial charge in [-0.2, -0.15) is 0 Å². The van der Waals surface area contributed by atoms with E-state index in [1.54, 1.807) is 12.1 Å². The predicted octanol–water partition coefficient (Wildman–Crippen LogP) is 3.03. The molecule has 0 aromatic heterocycles. The Balaban J connectivity index is 1.25. The minimum absolute atomic E-state index is 0.0814. The lowest BCUT2D eigenvalue weighted by molar-refractivity contribution is -0.107. The number of nitrogens with zero attached hydrogens (tertiary/aromatic N) is 3. The summed E-state index contributed by atoms with van der Waals surface area (Å²) in [4.78, 5) is 19.0. The quantitative estimate of drug-likeness (QED) is 0.797. The number of carbonyl (C=O) groups excluding carboxylic acids is 1. The Kier molecular flexibility index (Phi) is 4.56. The van der Waals surface area contributed by atoms with Crippen LogP contribution in [0.4, 0.5) is 9.18 Å². The summed E-state index contributed by atoms with van der Waals surface area (Å²) >= 11 is 0. The molecule has 1 atom stereocenters. The molecule has 152 valence electrons. The highest BCUT2D eigenvalue weighted by molar-refractivity contribution is 5.72. The smallest absolute Gasteiger partial charge is 0.410 e. The zero-order valence-corrected chi connectivity index (χ0v) is 16.7. The topological polar surface area (TPSA) is 36.0 Å². The van der Waals surface area contributed by atoms with Crippen molar-refractivity contribution in [3.05, 3.63) is 71.0 Å². The standard InChI is InChI=1S/C23H26FN3O2/c1-17-9-19(11-20(24)10-17)13-26-15-23(16-26)21-14-25(7-8-27(21)22(28)29-23)12-18-5-3-2-4-6-18/h2-6,9-11,21H,7-8,12-16H2,1H3. The number of ether oxygens (including phenoxy) is 1. The highest BCUT2D eigenvalue weighted by Crippen LogP contribution is 2.40. The van der Waals surface area contributed by atoms with Crippen LogP contribution in [0.2, 0.25) is 0 Å². The minimum Gasteiger partial charge on any atom is -0.438 e. The Labute approximate surface area is 170 Å². The van der Waals surface area contributed by atoms with Gasteiger partial charge in [0.05, 0.1) is 6.04 Å². The van der Waals surface area contributed by atoms with Gasteiger partial charge in [0, 0.05) is 45.8 Å². The first-order chi connectivity index (χ1) is 14.0. The average molecular weight is 395 g/mol. The molecule has 29 heavy (non-hydrogen) atoms. The Morgan fingerprint density at radius 1 is 1.03 bits per heavy atom. The van der Waals surface area contributed by atoms with Gasteiger partial charge in [-0.3, -0.25) is 14.7 Å². The summed E-state index contributed by atoms with van der Waals surface area (Å²) in [5.74, 6) is -0.197. The van der Waals surface area contributed by atoms with Crippen LogP contribution in [0.1, 0.15) is 16.7 Å². The highest BCUT2D eigenvalue weighted by Gasteiger charge is 2.61. The van der Waals surface area contributed by atoms with Crippen LogP contribution in [0.25, 0.3) is 0 Å². The molecular weight excluding hydrogens is 369 g/mol. The number of halogens is 1. The molecule has 1 unspecified atom stereocenters. The van der Waals surface area contributed by atoms with Gasteiger partial charge in [-0.05, 0) is 35.7 Å². The molecule has 1 amide bonds. The molecule has 2 aromatic rings. The number of amides is 1. The fourth-order valence-corrected chi connectivity index (χ4v) is 5.05. The highest BCUT2D eigenvalue weighted by atomic mass is 19.1. The van der Waals surface area contributed by atoms with Crippen molar-refractivity contribution in [1.82, 2.24) is 14.7 Å². The van der Waals surface area contributed by atoms with Crippen molar-refractivity contribution in [1.29, 1.82) is 0 Å². The second-order valence-corrected chi connectivity index (χ2v) is 8.64. The molecule has 0 N–H and O–H groups in total. The summed E-state index contributed by atoms with van der Waals surface area (Å²) < 4.78 is 19.6. The van der Waals surface area contributed by atoms with Crippen LogP contribution in [0, 0.1) is 12.7 Å². The summed E-state index contributed by atoms with van der Waals surface area (Å²) in [6, 6.07) is 15.7. The van der Waals surface area contributed by atoms with Crippen LogP contribution in [0.5, 0.6) is 0 Å². The molecule has 3 aliphatic rings. The van der Waals surface area contributed by atoms with Crippen molar-refractivity contribution in [3.8, 4) is 0 Å². The third-order valence-electron chi connectivity index (χ3n) is 6.34. The van der Waals surface area contributed by atoms with Crippen LogP contribution < -0.4 is 0 Å². The molecule has 2 aromatic carbocycles. The molecule has 3 saturated heterocycles. The number of hydrogen-bond donors (Lipinski definition) is 0. The second-order valence-electron chi connectivity index (χ2n) is 8.64. The van der Waals surface area contributed by atoms with Crippen molar-refractivity contribution in [2.75, 3.05) is 32.7 Å². The van der Waals surface area contributed by atoms with E-state index in [0.29, 0.717) is 26.2 Å². The van der Waals surface area contributed by atoms with Crippen LogP contribution in [0.15, 0.2) is 48.5 Å². The number of piperazine rings is 1. The third kappa shape index (κ3) is 3.51. The van der Waals surface area contributed by atoms with E-state index in [-0.39, 0.29) is 18.0 Å². The van der Waals surface area contributed by atoms with Gasteiger partial charge in [-0.25, -0.2) is 9.18 Å². The fourth-order valence-electron chi connectivity index (χ4n) is 5.05. The number of carbonyl (C=O) groups is 1. The second kappa shape index (κ2) is 7.11. The monoisotopic (exact) mass is 395 g/mol. The van der Waals surface area contributed by atoms with Gasteiger partial charge in [-0.1, -0.05) is 36.4 Å². The summed E-state index contributed by atoms with van der Waals surface area (Å²) in [7, 11) is 0. The zero-order valence-electron chi connectivity index (χ0n) is 16.7. The minimum atomic E-state index is -0.436. The number of hydrogen-bond acceptors (Lipinski definition) is 4. The molecule has 3 aliphatic heterocycles. The van der Waals surface area contributed by atoms with Crippen molar-refractivity contribution >= 4 is 6.09 Å². The molecule has 5 nitrogen and oxygen atoms in total. The van der Waals surface area contributed by atoms with Gasteiger partial charge in [0.15, 0.2) is 5.60 Å². The molecule has 1 spiro atoms. The first-order valence-corrected chi connectivity index (χ1v) is 10.3. The molecule has 3 heterocycles. The molecule has 3 fully saturated rings. The summed E-state index contributed by atoms with van der Waals surface area (Å²) in [6.45, 7) is 7.28. The van der Waals surface area contributed by atoms with Crippen molar-refractivity contribution in [3.63, 3.8) is 0 Å². The lowest BCUT2D eigenvalue weighted by Gasteiger charge is -2.51. The average Bonchev–Trinajstić information content (AvgIpc) is 2.94. The van der Waals surface area contributed by atoms with E-state index in [9.17, 15) is 9.18 Å². The van der Waals surface area contributed by atoms with E-state index in [1.165, 1.54) is 5.56 Å². The van der Waals surface area contributed by atoms with Gasteiger partial charge in [0.25, 0.3) is 0 Å². The van der Waals surface area contributed by atoms with Crippen molar-refractivity contribution in [2.24, 2.45) is 0 Å². The van der Waals surface area contributed by atoms with E-state index < -0.39 is 5.60 Å². The molecular formula is C23H26FN3O2.